The van der Waals surface area contributed by atoms with Crippen LogP contribution in [0.2, 0.25) is 0 Å². The maximum atomic E-state index is 11.7. The van der Waals surface area contributed by atoms with Gasteiger partial charge in [-0.3, -0.25) is 14.6 Å². The minimum atomic E-state index is -0.860. The Hall–Kier alpha value is -1.72. The molecule has 1 aromatic carbocycles. The zero-order chi connectivity index (χ0) is 12.8. The number of amides is 1. The third-order valence-electron chi connectivity index (χ3n) is 2.30. The Balaban J connectivity index is 2.55. The zero-order valence-electron chi connectivity index (χ0n) is 9.80. The van der Waals surface area contributed by atoms with Gasteiger partial charge < -0.3 is 5.73 Å². The first kappa shape index (κ1) is 13.3. The van der Waals surface area contributed by atoms with Crippen molar-refractivity contribution < 1.29 is 9.59 Å². The van der Waals surface area contributed by atoms with Gasteiger partial charge in [0.1, 0.15) is 5.78 Å². The lowest BCUT2D eigenvalue weighted by Crippen LogP contribution is -2.47. The lowest BCUT2D eigenvalue weighted by Gasteiger charge is -2.20. The maximum Gasteiger partial charge on any atom is 0.254 e. The highest BCUT2D eigenvalue weighted by molar-refractivity contribution is 5.87. The van der Waals surface area contributed by atoms with E-state index in [2.05, 4.69) is 0 Å². The smallest absolute Gasteiger partial charge is 0.254 e. The van der Waals surface area contributed by atoms with E-state index in [0.717, 1.165) is 10.6 Å². The van der Waals surface area contributed by atoms with Crippen LogP contribution in [0.5, 0.6) is 0 Å². The average Bonchev–Trinajstić information content (AvgIpc) is 2.28. The number of carbonyl (C=O) groups is 2. The molecule has 5 heteroatoms. The first-order valence-electron chi connectivity index (χ1n) is 5.35. The molecule has 0 aromatic heterocycles. The third-order valence-corrected chi connectivity index (χ3v) is 2.30. The number of hydrazine groups is 1. The molecule has 0 fully saturated rings. The van der Waals surface area contributed by atoms with Crippen LogP contribution in [0.1, 0.15) is 18.9 Å². The van der Waals surface area contributed by atoms with E-state index in [1.54, 1.807) is 0 Å². The zero-order valence-corrected chi connectivity index (χ0v) is 9.80. The fourth-order valence-corrected chi connectivity index (χ4v) is 1.47. The van der Waals surface area contributed by atoms with Crippen LogP contribution in [0.3, 0.4) is 0 Å². The Morgan fingerprint density at radius 3 is 2.41 bits per heavy atom. The summed E-state index contributed by atoms with van der Waals surface area (Å²) in [6.07, 6.45) is 0.0152. The van der Waals surface area contributed by atoms with Crippen LogP contribution in [0, 0.1) is 0 Å². The number of hydrogen-bond donors (Lipinski definition) is 2. The molecule has 0 saturated heterocycles. The van der Waals surface area contributed by atoms with E-state index in [1.807, 2.05) is 30.3 Å². The number of carbonyl (C=O) groups excluding carboxylic acids is 2. The molecule has 4 N–H and O–H groups in total. The van der Waals surface area contributed by atoms with E-state index >= 15 is 0 Å². The van der Waals surface area contributed by atoms with Crippen molar-refractivity contribution in [1.29, 1.82) is 0 Å². The summed E-state index contributed by atoms with van der Waals surface area (Å²) in [7, 11) is 0. The van der Waals surface area contributed by atoms with Gasteiger partial charge in [0.05, 0.1) is 12.6 Å². The number of Topliss-reactive ketones (excluding diaryl/α,β-unsaturated/α-hetero) is 1. The Morgan fingerprint density at radius 2 is 1.88 bits per heavy atom. The summed E-state index contributed by atoms with van der Waals surface area (Å²) in [4.78, 5) is 22.6. The predicted octanol–water partition coefficient (Wildman–Crippen LogP) is 0.195. The van der Waals surface area contributed by atoms with Crippen LogP contribution in [-0.2, 0) is 16.1 Å². The molecule has 5 nitrogen and oxygen atoms in total. The fraction of sp³-hybridized carbons (Fsp3) is 0.333. The Morgan fingerprint density at radius 1 is 1.29 bits per heavy atom. The van der Waals surface area contributed by atoms with Gasteiger partial charge >= 0.3 is 0 Å². The molecule has 0 unspecified atom stereocenters. The molecule has 92 valence electrons. The second-order valence-electron chi connectivity index (χ2n) is 3.96. The van der Waals surface area contributed by atoms with Crippen molar-refractivity contribution in [3.8, 4) is 0 Å². The standard InChI is InChI=1S/C12H17N3O2/c1-9(16)7-11(13)12(17)15(14)8-10-5-3-2-4-6-10/h2-6,11H,7-8,13-14H2,1H3/t11-/m1/s1. The number of nitrogens with two attached hydrogens (primary N) is 2. The van der Waals surface area contributed by atoms with Crippen molar-refractivity contribution in [2.45, 2.75) is 25.9 Å². The molecule has 0 aliphatic heterocycles. The number of benzene rings is 1. The number of nitrogens with zero attached hydrogens (tertiary/aromatic N) is 1. The van der Waals surface area contributed by atoms with Gasteiger partial charge in [0.15, 0.2) is 0 Å². The first-order valence-corrected chi connectivity index (χ1v) is 5.35. The topological polar surface area (TPSA) is 89.4 Å². The van der Waals surface area contributed by atoms with Crippen LogP contribution in [-0.4, -0.2) is 22.7 Å². The van der Waals surface area contributed by atoms with Crippen molar-refractivity contribution in [3.63, 3.8) is 0 Å². The maximum absolute atomic E-state index is 11.7. The summed E-state index contributed by atoms with van der Waals surface area (Å²) in [5, 5.41) is 1.04. The molecule has 1 aromatic rings. The lowest BCUT2D eigenvalue weighted by atomic mass is 10.1. The van der Waals surface area contributed by atoms with Gasteiger partial charge in [0.2, 0.25) is 0 Å². The molecule has 0 aliphatic carbocycles. The summed E-state index contributed by atoms with van der Waals surface area (Å²) in [6.45, 7) is 1.68. The monoisotopic (exact) mass is 235 g/mol. The molecule has 0 bridgehead atoms. The van der Waals surface area contributed by atoms with Crippen molar-refractivity contribution in [3.05, 3.63) is 35.9 Å². The van der Waals surface area contributed by atoms with Gasteiger partial charge in [-0.1, -0.05) is 30.3 Å². The minimum absolute atomic E-state index is 0.0152. The number of rotatable bonds is 5. The molecular weight excluding hydrogens is 218 g/mol. The van der Waals surface area contributed by atoms with Crippen molar-refractivity contribution in [2.75, 3.05) is 0 Å². The lowest BCUT2D eigenvalue weighted by molar-refractivity contribution is -0.135. The van der Waals surface area contributed by atoms with E-state index in [9.17, 15) is 9.59 Å². The average molecular weight is 235 g/mol. The Labute approximate surface area is 100 Å². The van der Waals surface area contributed by atoms with Crippen LogP contribution < -0.4 is 11.6 Å². The number of hydrogen-bond acceptors (Lipinski definition) is 4. The fourth-order valence-electron chi connectivity index (χ4n) is 1.47. The van der Waals surface area contributed by atoms with E-state index in [-0.39, 0.29) is 18.7 Å². The van der Waals surface area contributed by atoms with Gasteiger partial charge in [-0.2, -0.15) is 0 Å². The highest BCUT2D eigenvalue weighted by Crippen LogP contribution is 2.03. The van der Waals surface area contributed by atoms with Crippen LogP contribution >= 0.6 is 0 Å². The van der Waals surface area contributed by atoms with E-state index in [1.165, 1.54) is 6.92 Å². The largest absolute Gasteiger partial charge is 0.319 e. The van der Waals surface area contributed by atoms with Gasteiger partial charge in [0, 0.05) is 6.42 Å². The molecule has 0 aliphatic rings. The number of ketones is 1. The predicted molar refractivity (Wildman–Crippen MR) is 64.5 cm³/mol. The highest BCUT2D eigenvalue weighted by atomic mass is 16.2. The van der Waals surface area contributed by atoms with Gasteiger partial charge in [-0.25, -0.2) is 5.84 Å². The summed E-state index contributed by atoms with van der Waals surface area (Å²) in [6, 6.07) is 8.48. The van der Waals surface area contributed by atoms with E-state index in [4.69, 9.17) is 11.6 Å². The molecule has 1 atom stereocenters. The SMILES string of the molecule is CC(=O)C[C@@H](N)C(=O)N(N)Cc1ccccc1. The molecule has 0 saturated carbocycles. The second kappa shape index (κ2) is 6.12. The van der Waals surface area contributed by atoms with Crippen LogP contribution in [0.25, 0.3) is 0 Å². The summed E-state index contributed by atoms with van der Waals surface area (Å²) in [5.41, 5.74) is 6.50. The van der Waals surface area contributed by atoms with Gasteiger partial charge in [-0.15, -0.1) is 0 Å². The first-order chi connectivity index (χ1) is 8.00. The van der Waals surface area contributed by atoms with Gasteiger partial charge in [-0.05, 0) is 12.5 Å². The molecule has 0 spiro atoms. The molecule has 0 radical (unpaired) electrons. The summed E-state index contributed by atoms with van der Waals surface area (Å²) >= 11 is 0. The molecule has 1 amide bonds. The minimum Gasteiger partial charge on any atom is -0.319 e. The van der Waals surface area contributed by atoms with Gasteiger partial charge in [0.25, 0.3) is 5.91 Å². The second-order valence-corrected chi connectivity index (χ2v) is 3.96. The highest BCUT2D eigenvalue weighted by Gasteiger charge is 2.20. The normalized spacial score (nSPS) is 11.9. The van der Waals surface area contributed by atoms with Crippen molar-refractivity contribution in [1.82, 2.24) is 5.01 Å². The third kappa shape index (κ3) is 4.34. The quantitative estimate of drug-likeness (QED) is 0.433. The summed E-state index contributed by atoms with van der Waals surface area (Å²) < 4.78 is 0. The molecule has 17 heavy (non-hydrogen) atoms. The molecular formula is C12H17N3O2. The van der Waals surface area contributed by atoms with Crippen molar-refractivity contribution >= 4 is 11.7 Å². The molecule has 0 heterocycles. The van der Waals surface area contributed by atoms with Crippen molar-refractivity contribution in [2.24, 2.45) is 11.6 Å². The van der Waals surface area contributed by atoms with E-state index in [0.29, 0.717) is 0 Å². The van der Waals surface area contributed by atoms with E-state index < -0.39 is 11.9 Å². The molecule has 1 rings (SSSR count). The Kier molecular flexibility index (Phi) is 4.81. The van der Waals surface area contributed by atoms with Crippen LogP contribution in [0.15, 0.2) is 30.3 Å². The summed E-state index contributed by atoms with van der Waals surface area (Å²) in [5.74, 6) is 5.07. The Bertz CT molecular complexity index is 392. The van der Waals surface area contributed by atoms with Crippen LogP contribution in [0.4, 0.5) is 0 Å².